The topological polar surface area (TPSA) is 38.9 Å². The Labute approximate surface area is 88.5 Å². The molecule has 1 aromatic heterocycles. The highest BCUT2D eigenvalue weighted by Gasteiger charge is 2.58. The van der Waals surface area contributed by atoms with E-state index in [2.05, 4.69) is 18.8 Å². The minimum Gasteiger partial charge on any atom is -0.327 e. The third kappa shape index (κ3) is 1.09. The lowest BCUT2D eigenvalue weighted by Gasteiger charge is -2.01. The maximum Gasteiger partial charge on any atom is 0.0797 e. The van der Waals surface area contributed by atoms with Gasteiger partial charge in [0.15, 0.2) is 0 Å². The summed E-state index contributed by atoms with van der Waals surface area (Å²) < 4.78 is 0. The highest BCUT2D eigenvalue weighted by molar-refractivity contribution is 7.09. The van der Waals surface area contributed by atoms with Crippen molar-refractivity contribution in [2.24, 2.45) is 11.1 Å². The molecule has 0 saturated heterocycles. The van der Waals surface area contributed by atoms with Crippen molar-refractivity contribution in [2.45, 2.75) is 44.6 Å². The van der Waals surface area contributed by atoms with Crippen LogP contribution in [0.3, 0.4) is 0 Å². The highest BCUT2D eigenvalue weighted by atomic mass is 32.1. The zero-order valence-corrected chi connectivity index (χ0v) is 9.47. The van der Waals surface area contributed by atoms with E-state index >= 15 is 0 Å². The van der Waals surface area contributed by atoms with Gasteiger partial charge in [-0.25, -0.2) is 4.98 Å². The Morgan fingerprint density at radius 1 is 1.50 bits per heavy atom. The van der Waals surface area contributed by atoms with Crippen LogP contribution >= 0.6 is 11.3 Å². The highest BCUT2D eigenvalue weighted by Crippen LogP contribution is 2.60. The molecule has 0 radical (unpaired) electrons. The number of aromatic nitrogens is 1. The normalized spacial score (nSPS) is 34.5. The van der Waals surface area contributed by atoms with E-state index < -0.39 is 0 Å². The summed E-state index contributed by atoms with van der Waals surface area (Å²) in [4.78, 5) is 5.98. The molecule has 3 heteroatoms. The van der Waals surface area contributed by atoms with Crippen molar-refractivity contribution in [2.75, 3.05) is 0 Å². The molecule has 0 unspecified atom stereocenters. The summed E-state index contributed by atoms with van der Waals surface area (Å²) in [6.07, 6.45) is 2.66. The molecule has 2 aliphatic rings. The van der Waals surface area contributed by atoms with Crippen LogP contribution in [0.4, 0.5) is 0 Å². The van der Waals surface area contributed by atoms with E-state index in [4.69, 9.17) is 5.73 Å². The molecule has 0 aliphatic heterocycles. The van der Waals surface area contributed by atoms with Crippen LogP contribution in [-0.4, -0.2) is 11.0 Å². The Morgan fingerprint density at radius 2 is 2.14 bits per heavy atom. The van der Waals surface area contributed by atoms with Crippen molar-refractivity contribution in [1.82, 2.24) is 4.98 Å². The molecule has 0 aromatic carbocycles. The zero-order valence-electron chi connectivity index (χ0n) is 8.66. The van der Waals surface area contributed by atoms with Crippen molar-refractivity contribution in [3.8, 4) is 0 Å². The number of hydrogen-bond donors (Lipinski definition) is 1. The SMILES string of the molecule is CC1(C)[C@@H](N)[C@@H]1c1scnc1C1CC1. The Balaban J connectivity index is 1.94. The quantitative estimate of drug-likeness (QED) is 0.811. The molecular formula is C11H16N2S. The monoisotopic (exact) mass is 208 g/mol. The molecule has 1 heterocycles. The smallest absolute Gasteiger partial charge is 0.0797 e. The number of nitrogens with zero attached hydrogens (tertiary/aromatic N) is 1. The lowest BCUT2D eigenvalue weighted by molar-refractivity contribution is 0.599. The summed E-state index contributed by atoms with van der Waals surface area (Å²) in [5.41, 5.74) is 9.76. The van der Waals surface area contributed by atoms with E-state index in [1.165, 1.54) is 23.4 Å². The summed E-state index contributed by atoms with van der Waals surface area (Å²) in [6.45, 7) is 4.53. The van der Waals surface area contributed by atoms with Gasteiger partial charge < -0.3 is 5.73 Å². The van der Waals surface area contributed by atoms with Gasteiger partial charge in [0.25, 0.3) is 0 Å². The van der Waals surface area contributed by atoms with Crippen LogP contribution in [0, 0.1) is 5.41 Å². The van der Waals surface area contributed by atoms with Crippen molar-refractivity contribution in [3.05, 3.63) is 16.1 Å². The molecule has 0 spiro atoms. The lowest BCUT2D eigenvalue weighted by Crippen LogP contribution is -2.06. The predicted octanol–water partition coefficient (Wildman–Crippen LogP) is 2.47. The third-order valence-electron chi connectivity index (χ3n) is 3.78. The largest absolute Gasteiger partial charge is 0.327 e. The standard InChI is InChI=1S/C11H16N2S/c1-11(2)7(10(11)12)9-8(6-3-4-6)13-5-14-9/h5-7,10H,3-4,12H2,1-2H3/t7-,10-/m0/s1. The van der Waals surface area contributed by atoms with Crippen LogP contribution in [0.1, 0.15) is 49.1 Å². The second-order valence-corrected chi connectivity index (χ2v) is 6.09. The van der Waals surface area contributed by atoms with Gasteiger partial charge in [0.2, 0.25) is 0 Å². The minimum atomic E-state index is 0.302. The molecule has 0 bridgehead atoms. The Bertz CT molecular complexity index is 365. The minimum absolute atomic E-state index is 0.302. The van der Waals surface area contributed by atoms with E-state index in [-0.39, 0.29) is 0 Å². The summed E-state index contributed by atoms with van der Waals surface area (Å²) in [7, 11) is 0. The maximum atomic E-state index is 6.10. The van der Waals surface area contributed by atoms with Gasteiger partial charge in [-0.05, 0) is 18.3 Å². The Kier molecular flexibility index (Phi) is 1.63. The van der Waals surface area contributed by atoms with E-state index in [0.29, 0.717) is 17.4 Å². The molecule has 2 saturated carbocycles. The molecule has 3 rings (SSSR count). The van der Waals surface area contributed by atoms with Crippen LogP contribution < -0.4 is 5.73 Å². The fraction of sp³-hybridized carbons (Fsp3) is 0.727. The zero-order chi connectivity index (χ0) is 9.92. The van der Waals surface area contributed by atoms with Crippen LogP contribution in [0.2, 0.25) is 0 Å². The number of nitrogens with two attached hydrogens (primary N) is 1. The molecule has 2 aliphatic carbocycles. The lowest BCUT2D eigenvalue weighted by atomic mass is 10.1. The van der Waals surface area contributed by atoms with Gasteiger partial charge in [-0.2, -0.15) is 0 Å². The first-order valence-electron chi connectivity index (χ1n) is 5.31. The first-order valence-corrected chi connectivity index (χ1v) is 6.19. The Hall–Kier alpha value is -0.410. The van der Waals surface area contributed by atoms with Crippen LogP contribution in [-0.2, 0) is 0 Å². The fourth-order valence-corrected chi connectivity index (χ4v) is 3.56. The summed E-state index contributed by atoms with van der Waals surface area (Å²) in [5, 5.41) is 0. The molecule has 2 fully saturated rings. The molecule has 2 atom stereocenters. The number of hydrogen-bond acceptors (Lipinski definition) is 3. The van der Waals surface area contributed by atoms with Crippen molar-refractivity contribution >= 4 is 11.3 Å². The summed E-state index contributed by atoms with van der Waals surface area (Å²) >= 11 is 1.80. The van der Waals surface area contributed by atoms with E-state index in [0.717, 1.165) is 5.92 Å². The number of rotatable bonds is 2. The van der Waals surface area contributed by atoms with Crippen LogP contribution in [0.15, 0.2) is 5.51 Å². The Morgan fingerprint density at radius 3 is 2.64 bits per heavy atom. The second kappa shape index (κ2) is 2.58. The average molecular weight is 208 g/mol. The van der Waals surface area contributed by atoms with Gasteiger partial charge in [-0.1, -0.05) is 13.8 Å². The van der Waals surface area contributed by atoms with Crippen molar-refractivity contribution in [3.63, 3.8) is 0 Å². The molecule has 0 amide bonds. The molecule has 2 N–H and O–H groups in total. The third-order valence-corrected chi connectivity index (χ3v) is 4.71. The van der Waals surface area contributed by atoms with Gasteiger partial charge in [-0.15, -0.1) is 11.3 Å². The molecular weight excluding hydrogens is 192 g/mol. The molecule has 1 aromatic rings. The van der Waals surface area contributed by atoms with Gasteiger partial charge in [0.1, 0.15) is 0 Å². The molecule has 2 nitrogen and oxygen atoms in total. The maximum absolute atomic E-state index is 6.10. The van der Waals surface area contributed by atoms with Gasteiger partial charge in [0, 0.05) is 22.8 Å². The van der Waals surface area contributed by atoms with Crippen LogP contribution in [0.5, 0.6) is 0 Å². The molecule has 14 heavy (non-hydrogen) atoms. The predicted molar refractivity (Wildman–Crippen MR) is 58.6 cm³/mol. The van der Waals surface area contributed by atoms with Gasteiger partial charge >= 0.3 is 0 Å². The van der Waals surface area contributed by atoms with Gasteiger partial charge in [0.05, 0.1) is 11.2 Å². The second-order valence-electron chi connectivity index (χ2n) is 5.20. The van der Waals surface area contributed by atoms with Crippen molar-refractivity contribution in [1.29, 1.82) is 0 Å². The van der Waals surface area contributed by atoms with E-state index in [1.807, 2.05) is 5.51 Å². The first-order chi connectivity index (χ1) is 6.62. The summed E-state index contributed by atoms with van der Waals surface area (Å²) in [6, 6.07) is 0.348. The van der Waals surface area contributed by atoms with Crippen LogP contribution in [0.25, 0.3) is 0 Å². The van der Waals surface area contributed by atoms with Gasteiger partial charge in [-0.3, -0.25) is 0 Å². The number of thiazole rings is 1. The van der Waals surface area contributed by atoms with E-state index in [1.54, 1.807) is 11.3 Å². The average Bonchev–Trinajstić information content (AvgIpc) is 2.98. The molecule has 76 valence electrons. The summed E-state index contributed by atoms with van der Waals surface area (Å²) in [5.74, 6) is 1.34. The van der Waals surface area contributed by atoms with Crippen molar-refractivity contribution < 1.29 is 0 Å². The first kappa shape index (κ1) is 8.86. The van der Waals surface area contributed by atoms with E-state index in [9.17, 15) is 0 Å². The fourth-order valence-electron chi connectivity index (χ4n) is 2.34.